The predicted molar refractivity (Wildman–Crippen MR) is 58.6 cm³/mol. The molecule has 2 nitrogen and oxygen atoms in total. The van der Waals surface area contributed by atoms with E-state index in [1.54, 1.807) is 6.07 Å². The Morgan fingerprint density at radius 3 is 2.43 bits per heavy atom. The topological polar surface area (TPSA) is 26.3 Å². The van der Waals surface area contributed by atoms with E-state index in [0.29, 0.717) is 18.1 Å². The smallest absolute Gasteiger partial charge is 0.298 e. The number of hydrogen-bond acceptors (Lipinski definition) is 2. The molecule has 78 valence electrons. The second-order valence-corrected chi connectivity index (χ2v) is 2.94. The third-order valence-electron chi connectivity index (χ3n) is 1.71. The van der Waals surface area contributed by atoms with Crippen LogP contribution in [0.15, 0.2) is 24.3 Å². The summed E-state index contributed by atoms with van der Waals surface area (Å²) in [5, 5.41) is 0. The van der Waals surface area contributed by atoms with Gasteiger partial charge in [-0.05, 0) is 23.6 Å². The molecule has 1 aromatic rings. The molecule has 1 aromatic carbocycles. The van der Waals surface area contributed by atoms with Gasteiger partial charge in [-0.1, -0.05) is 39.8 Å². The number of benzene rings is 1. The van der Waals surface area contributed by atoms with Crippen molar-refractivity contribution in [2.24, 2.45) is 0 Å². The van der Waals surface area contributed by atoms with Crippen molar-refractivity contribution in [1.82, 2.24) is 0 Å². The Labute approximate surface area is 85.9 Å². The lowest BCUT2D eigenvalue weighted by Gasteiger charge is -2.05. The maximum Gasteiger partial charge on any atom is 0.298 e. The van der Waals surface area contributed by atoms with Gasteiger partial charge in [-0.2, -0.15) is 0 Å². The summed E-state index contributed by atoms with van der Waals surface area (Å²) in [4.78, 5) is 10.0. The van der Waals surface area contributed by atoms with Crippen LogP contribution in [-0.2, 0) is 4.79 Å². The van der Waals surface area contributed by atoms with Gasteiger partial charge in [0.05, 0.1) is 0 Å². The standard InChI is InChI=1S/C10H12O2.C2H6/c1-8(2)9-4-3-5-10(6-9)12-7-11;1-2/h3-8H,1-2H3;1-2H3. The first-order valence-corrected chi connectivity index (χ1v) is 4.94. The first-order chi connectivity index (χ1) is 6.74. The van der Waals surface area contributed by atoms with E-state index < -0.39 is 0 Å². The molecule has 0 saturated heterocycles. The fourth-order valence-corrected chi connectivity index (χ4v) is 1.00. The van der Waals surface area contributed by atoms with Gasteiger partial charge in [-0.25, -0.2) is 0 Å². The molecule has 1 rings (SSSR count). The zero-order chi connectivity index (χ0) is 11.0. The fraction of sp³-hybridized carbons (Fsp3) is 0.417. The Balaban J connectivity index is 0.000000791. The summed E-state index contributed by atoms with van der Waals surface area (Å²) >= 11 is 0. The summed E-state index contributed by atoms with van der Waals surface area (Å²) in [6, 6.07) is 7.54. The van der Waals surface area contributed by atoms with Gasteiger partial charge in [-0.3, -0.25) is 4.79 Å². The van der Waals surface area contributed by atoms with Gasteiger partial charge in [0.15, 0.2) is 0 Å². The molecule has 0 N–H and O–H groups in total. The summed E-state index contributed by atoms with van der Waals surface area (Å²) in [5.41, 5.74) is 1.18. The van der Waals surface area contributed by atoms with Gasteiger partial charge in [0.25, 0.3) is 6.47 Å². The Bertz CT molecular complexity index is 267. The second-order valence-electron chi connectivity index (χ2n) is 2.94. The summed E-state index contributed by atoms with van der Waals surface area (Å²) in [6.07, 6.45) is 0. The number of rotatable bonds is 3. The molecule has 0 radical (unpaired) electrons. The van der Waals surface area contributed by atoms with Crippen molar-refractivity contribution in [2.45, 2.75) is 33.6 Å². The number of carbonyl (C=O) groups is 1. The van der Waals surface area contributed by atoms with Crippen LogP contribution in [0.3, 0.4) is 0 Å². The molecule has 0 amide bonds. The van der Waals surface area contributed by atoms with Crippen LogP contribution in [0.1, 0.15) is 39.2 Å². The van der Waals surface area contributed by atoms with Crippen molar-refractivity contribution in [1.29, 1.82) is 0 Å². The monoisotopic (exact) mass is 194 g/mol. The Kier molecular flexibility index (Phi) is 6.46. The van der Waals surface area contributed by atoms with E-state index >= 15 is 0 Å². The van der Waals surface area contributed by atoms with Crippen LogP contribution in [0.25, 0.3) is 0 Å². The molecule has 0 aliphatic carbocycles. The first-order valence-electron chi connectivity index (χ1n) is 4.94. The summed E-state index contributed by atoms with van der Waals surface area (Å²) in [6.45, 7) is 8.64. The summed E-state index contributed by atoms with van der Waals surface area (Å²) in [7, 11) is 0. The van der Waals surface area contributed by atoms with Crippen molar-refractivity contribution in [3.63, 3.8) is 0 Å². The molecule has 0 aliphatic heterocycles. The van der Waals surface area contributed by atoms with Crippen molar-refractivity contribution in [3.8, 4) is 5.75 Å². The van der Waals surface area contributed by atoms with Crippen LogP contribution in [0, 0.1) is 0 Å². The van der Waals surface area contributed by atoms with Gasteiger partial charge >= 0.3 is 0 Å². The Morgan fingerprint density at radius 2 is 1.93 bits per heavy atom. The highest BCUT2D eigenvalue weighted by Crippen LogP contribution is 2.19. The average Bonchev–Trinajstić information content (AvgIpc) is 2.22. The van der Waals surface area contributed by atoms with Gasteiger partial charge in [0.2, 0.25) is 0 Å². The van der Waals surface area contributed by atoms with Gasteiger partial charge in [0.1, 0.15) is 5.75 Å². The molecule has 0 aliphatic rings. The lowest BCUT2D eigenvalue weighted by atomic mass is 10.0. The fourth-order valence-electron chi connectivity index (χ4n) is 1.00. The minimum absolute atomic E-state index is 0.444. The lowest BCUT2D eigenvalue weighted by molar-refractivity contribution is -0.120. The maximum atomic E-state index is 10.0. The molecule has 0 bridgehead atoms. The van der Waals surface area contributed by atoms with Gasteiger partial charge < -0.3 is 4.74 Å². The van der Waals surface area contributed by atoms with Crippen LogP contribution in [0.4, 0.5) is 0 Å². The molecule has 2 heteroatoms. The summed E-state index contributed by atoms with van der Waals surface area (Å²) < 4.78 is 4.72. The minimum Gasteiger partial charge on any atom is -0.429 e. The number of carbonyl (C=O) groups excluding carboxylic acids is 1. The van der Waals surface area contributed by atoms with Crippen molar-refractivity contribution >= 4 is 6.47 Å². The molecule has 0 saturated carbocycles. The number of hydrogen-bond donors (Lipinski definition) is 0. The second kappa shape index (κ2) is 7.13. The minimum atomic E-state index is 0.444. The van der Waals surface area contributed by atoms with E-state index in [1.807, 2.05) is 32.0 Å². The average molecular weight is 194 g/mol. The van der Waals surface area contributed by atoms with E-state index in [0.717, 1.165) is 0 Å². The molecular weight excluding hydrogens is 176 g/mol. The first kappa shape index (κ1) is 12.7. The van der Waals surface area contributed by atoms with Crippen molar-refractivity contribution in [2.75, 3.05) is 0 Å². The zero-order valence-electron chi connectivity index (χ0n) is 9.28. The molecular formula is C12H18O2. The SMILES string of the molecule is CC.CC(C)c1cccc(OC=O)c1. The van der Waals surface area contributed by atoms with Crippen LogP contribution in [-0.4, -0.2) is 6.47 Å². The third-order valence-corrected chi connectivity index (χ3v) is 1.71. The predicted octanol–water partition coefficient (Wildman–Crippen LogP) is 3.37. The molecule has 14 heavy (non-hydrogen) atoms. The molecule has 0 atom stereocenters. The highest BCUT2D eigenvalue weighted by molar-refractivity contribution is 5.45. The molecule has 0 spiro atoms. The number of ether oxygens (including phenoxy) is 1. The Morgan fingerprint density at radius 1 is 1.29 bits per heavy atom. The molecule has 0 unspecified atom stereocenters. The highest BCUT2D eigenvalue weighted by atomic mass is 16.5. The maximum absolute atomic E-state index is 10.0. The highest BCUT2D eigenvalue weighted by Gasteiger charge is 1.99. The third kappa shape index (κ3) is 4.08. The van der Waals surface area contributed by atoms with Crippen LogP contribution in [0.2, 0.25) is 0 Å². The van der Waals surface area contributed by atoms with Gasteiger partial charge in [0, 0.05) is 0 Å². The summed E-state index contributed by atoms with van der Waals surface area (Å²) in [5.74, 6) is 1.07. The molecule has 0 heterocycles. The quantitative estimate of drug-likeness (QED) is 0.689. The van der Waals surface area contributed by atoms with Gasteiger partial charge in [-0.15, -0.1) is 0 Å². The Hall–Kier alpha value is -1.31. The van der Waals surface area contributed by atoms with E-state index in [1.165, 1.54) is 5.56 Å². The zero-order valence-corrected chi connectivity index (χ0v) is 9.28. The van der Waals surface area contributed by atoms with E-state index in [-0.39, 0.29) is 0 Å². The lowest BCUT2D eigenvalue weighted by Crippen LogP contribution is -1.91. The van der Waals surface area contributed by atoms with E-state index in [9.17, 15) is 4.79 Å². The van der Waals surface area contributed by atoms with Crippen molar-refractivity contribution in [3.05, 3.63) is 29.8 Å². The van der Waals surface area contributed by atoms with Crippen LogP contribution < -0.4 is 4.74 Å². The molecule has 0 aromatic heterocycles. The largest absolute Gasteiger partial charge is 0.429 e. The normalized spacial score (nSPS) is 8.93. The molecule has 0 fully saturated rings. The van der Waals surface area contributed by atoms with E-state index in [4.69, 9.17) is 4.74 Å². The van der Waals surface area contributed by atoms with Crippen LogP contribution >= 0.6 is 0 Å². The van der Waals surface area contributed by atoms with Crippen LogP contribution in [0.5, 0.6) is 5.75 Å². The van der Waals surface area contributed by atoms with Crippen molar-refractivity contribution < 1.29 is 9.53 Å². The van der Waals surface area contributed by atoms with E-state index in [2.05, 4.69) is 13.8 Å².